The van der Waals surface area contributed by atoms with Gasteiger partial charge in [-0.1, -0.05) is 29.8 Å². The van der Waals surface area contributed by atoms with Gasteiger partial charge in [0.15, 0.2) is 0 Å². The summed E-state index contributed by atoms with van der Waals surface area (Å²) in [6.45, 7) is 1.68. The van der Waals surface area contributed by atoms with Gasteiger partial charge in [0, 0.05) is 27.7 Å². The van der Waals surface area contributed by atoms with Crippen LogP contribution in [0.2, 0.25) is 5.02 Å². The van der Waals surface area contributed by atoms with Crippen LogP contribution >= 0.6 is 23.4 Å². The monoisotopic (exact) mass is 397 g/mol. The topological polar surface area (TPSA) is 72.5 Å². The van der Waals surface area contributed by atoms with Crippen LogP contribution in [0.4, 0.5) is 5.69 Å². The minimum Gasteiger partial charge on any atom is -0.760 e. The Morgan fingerprint density at radius 3 is 2.72 bits per heavy atom. The summed E-state index contributed by atoms with van der Waals surface area (Å²) in [5.74, 6) is -0.398. The van der Waals surface area contributed by atoms with Gasteiger partial charge in [0.25, 0.3) is 0 Å². The third kappa shape index (κ3) is 5.83. The van der Waals surface area contributed by atoms with Gasteiger partial charge in [-0.05, 0) is 48.6 Å². The van der Waals surface area contributed by atoms with Crippen LogP contribution in [0.5, 0.6) is 0 Å². The molecule has 0 aliphatic rings. The summed E-state index contributed by atoms with van der Waals surface area (Å²) in [7, 11) is 0. The number of thioether (sulfide) groups is 1. The molecule has 0 heterocycles. The Balaban J connectivity index is 2.09. The molecule has 1 unspecified atom stereocenters. The van der Waals surface area contributed by atoms with Gasteiger partial charge in [0.1, 0.15) is 0 Å². The van der Waals surface area contributed by atoms with Gasteiger partial charge in [-0.3, -0.25) is 9.00 Å². The molecule has 0 spiro atoms. The minimum absolute atomic E-state index is 0.0834. The van der Waals surface area contributed by atoms with Crippen molar-refractivity contribution in [1.82, 2.24) is 4.31 Å². The van der Waals surface area contributed by atoms with E-state index in [-0.39, 0.29) is 13.1 Å². The molecule has 0 fully saturated rings. The number of benzene rings is 2. The highest BCUT2D eigenvalue weighted by molar-refractivity contribution is 7.98. The first-order chi connectivity index (χ1) is 11.9. The summed E-state index contributed by atoms with van der Waals surface area (Å²) in [6.07, 6.45) is 1.91. The molecule has 1 amide bonds. The van der Waals surface area contributed by atoms with Gasteiger partial charge in [0.05, 0.1) is 12.2 Å². The Hall–Kier alpha value is -1.38. The molecule has 2 aromatic carbocycles. The number of hydrogen-bond donors (Lipinski definition) is 1. The Morgan fingerprint density at radius 1 is 1.32 bits per heavy atom. The van der Waals surface area contributed by atoms with E-state index in [1.54, 1.807) is 18.2 Å². The van der Waals surface area contributed by atoms with Crippen LogP contribution in [0, 0.1) is 6.92 Å². The highest BCUT2D eigenvalue weighted by Crippen LogP contribution is 2.24. The second-order valence-electron chi connectivity index (χ2n) is 5.33. The molecule has 0 radical (unpaired) electrons. The van der Waals surface area contributed by atoms with Crippen LogP contribution in [0.15, 0.2) is 47.4 Å². The van der Waals surface area contributed by atoms with Crippen LogP contribution < -0.4 is 5.32 Å². The van der Waals surface area contributed by atoms with Crippen molar-refractivity contribution in [2.75, 3.05) is 18.1 Å². The molecule has 0 aliphatic carbocycles. The lowest BCUT2D eigenvalue weighted by atomic mass is 10.1. The number of nitrogens with one attached hydrogen (secondary N) is 1. The Bertz CT molecular complexity index is 786. The zero-order chi connectivity index (χ0) is 18.4. The van der Waals surface area contributed by atoms with E-state index in [0.29, 0.717) is 10.7 Å². The standard InChI is InChI=1S/C17H19ClN2O3S2/c1-12-7-8-14(18)9-13(12)10-20(25(22)23)11-17(21)19-15-5-3-4-6-16(15)24-2/h3-9H,10-11H2,1-2H3,(H,19,21)(H,22,23)/p-1. The molecule has 5 nitrogen and oxygen atoms in total. The number of nitrogens with zero attached hydrogens (tertiary/aromatic N) is 1. The van der Waals surface area contributed by atoms with E-state index >= 15 is 0 Å². The van der Waals surface area contributed by atoms with Crippen LogP contribution in [0.1, 0.15) is 11.1 Å². The highest BCUT2D eigenvalue weighted by Gasteiger charge is 2.15. The molecule has 1 N–H and O–H groups in total. The first kappa shape index (κ1) is 19.9. The number of amides is 1. The molecule has 8 heteroatoms. The maximum Gasteiger partial charge on any atom is 0.239 e. The average molecular weight is 398 g/mol. The number of hydrogen-bond acceptors (Lipinski definition) is 4. The van der Waals surface area contributed by atoms with Crippen LogP contribution in [0.25, 0.3) is 0 Å². The van der Waals surface area contributed by atoms with Crippen LogP contribution in [-0.2, 0) is 22.6 Å². The molecule has 0 aromatic heterocycles. The zero-order valence-electron chi connectivity index (χ0n) is 13.8. The predicted molar refractivity (Wildman–Crippen MR) is 102 cm³/mol. The smallest absolute Gasteiger partial charge is 0.239 e. The molecule has 134 valence electrons. The summed E-state index contributed by atoms with van der Waals surface area (Å²) in [5, 5.41) is 3.28. The number of rotatable bonds is 7. The van der Waals surface area contributed by atoms with Gasteiger partial charge < -0.3 is 9.87 Å². The summed E-state index contributed by atoms with van der Waals surface area (Å²) >= 11 is 4.95. The maximum atomic E-state index is 12.3. The maximum absolute atomic E-state index is 12.3. The quantitative estimate of drug-likeness (QED) is 0.572. The number of carbonyl (C=O) groups is 1. The van der Waals surface area contributed by atoms with E-state index in [4.69, 9.17) is 11.6 Å². The first-order valence-corrected chi connectivity index (χ1v) is 10.1. The summed E-state index contributed by atoms with van der Waals surface area (Å²) in [6, 6.07) is 12.6. The normalized spacial score (nSPS) is 12.2. The molecule has 2 rings (SSSR count). The fraction of sp³-hybridized carbons (Fsp3) is 0.235. The number of aryl methyl sites for hydroxylation is 1. The van der Waals surface area contributed by atoms with E-state index in [1.807, 2.05) is 37.4 Å². The molecule has 1 atom stereocenters. The molecule has 2 aromatic rings. The predicted octanol–water partition coefficient (Wildman–Crippen LogP) is 3.61. The molecule has 0 saturated carbocycles. The van der Waals surface area contributed by atoms with Gasteiger partial charge in [-0.25, -0.2) is 4.31 Å². The van der Waals surface area contributed by atoms with Crippen molar-refractivity contribution in [3.63, 3.8) is 0 Å². The SMILES string of the molecule is CSc1ccccc1NC(=O)CN(Cc1cc(Cl)ccc1C)S(=O)[O-]. The second kappa shape index (κ2) is 9.35. The van der Waals surface area contributed by atoms with Crippen LogP contribution in [0.3, 0.4) is 0 Å². The number of para-hydroxylation sites is 1. The fourth-order valence-electron chi connectivity index (χ4n) is 2.26. The average Bonchev–Trinajstić information content (AvgIpc) is 2.57. The number of anilines is 1. The zero-order valence-corrected chi connectivity index (χ0v) is 16.2. The third-order valence-electron chi connectivity index (χ3n) is 3.57. The van der Waals surface area contributed by atoms with Gasteiger partial charge in [0.2, 0.25) is 5.91 Å². The summed E-state index contributed by atoms with van der Waals surface area (Å²) in [4.78, 5) is 13.2. The lowest BCUT2D eigenvalue weighted by Gasteiger charge is -2.24. The Morgan fingerprint density at radius 2 is 2.04 bits per heavy atom. The largest absolute Gasteiger partial charge is 0.760 e. The van der Waals surface area contributed by atoms with Crippen molar-refractivity contribution >= 4 is 46.2 Å². The van der Waals surface area contributed by atoms with E-state index in [2.05, 4.69) is 5.32 Å². The highest BCUT2D eigenvalue weighted by atomic mass is 35.5. The van der Waals surface area contributed by atoms with Crippen LogP contribution in [-0.4, -0.2) is 31.8 Å². The van der Waals surface area contributed by atoms with E-state index in [1.165, 1.54) is 11.8 Å². The number of carbonyl (C=O) groups excluding carboxylic acids is 1. The van der Waals surface area contributed by atoms with Crippen molar-refractivity contribution in [3.05, 3.63) is 58.6 Å². The van der Waals surface area contributed by atoms with Crippen molar-refractivity contribution < 1.29 is 13.6 Å². The Labute approximate surface area is 159 Å². The van der Waals surface area contributed by atoms with Crippen molar-refractivity contribution in [3.8, 4) is 0 Å². The fourth-order valence-corrected chi connectivity index (χ4v) is 3.47. The lowest BCUT2D eigenvalue weighted by Crippen LogP contribution is -2.34. The lowest BCUT2D eigenvalue weighted by molar-refractivity contribution is -0.116. The van der Waals surface area contributed by atoms with Gasteiger partial charge in [-0.2, -0.15) is 0 Å². The second-order valence-corrected chi connectivity index (χ2v) is 7.57. The molecule has 25 heavy (non-hydrogen) atoms. The molecule has 0 aliphatic heterocycles. The van der Waals surface area contributed by atoms with Gasteiger partial charge >= 0.3 is 0 Å². The van der Waals surface area contributed by atoms with E-state index < -0.39 is 17.2 Å². The van der Waals surface area contributed by atoms with E-state index in [0.717, 1.165) is 20.3 Å². The van der Waals surface area contributed by atoms with E-state index in [9.17, 15) is 13.6 Å². The summed E-state index contributed by atoms with van der Waals surface area (Å²) < 4.78 is 24.1. The number of halogens is 1. The molecule has 0 saturated heterocycles. The Kier molecular flexibility index (Phi) is 7.46. The van der Waals surface area contributed by atoms with Crippen molar-refractivity contribution in [2.45, 2.75) is 18.4 Å². The molecular weight excluding hydrogens is 380 g/mol. The summed E-state index contributed by atoms with van der Waals surface area (Å²) in [5.41, 5.74) is 2.33. The van der Waals surface area contributed by atoms with Gasteiger partial charge in [-0.15, -0.1) is 11.8 Å². The van der Waals surface area contributed by atoms with Crippen molar-refractivity contribution in [1.29, 1.82) is 0 Å². The van der Waals surface area contributed by atoms with Crippen molar-refractivity contribution in [2.24, 2.45) is 0 Å². The first-order valence-electron chi connectivity index (χ1n) is 7.43. The minimum atomic E-state index is -2.53. The molecule has 0 bridgehead atoms. The third-order valence-corrected chi connectivity index (χ3v) is 5.28. The molecular formula is C17H18ClN2O3S2-.